The lowest BCUT2D eigenvalue weighted by molar-refractivity contribution is -0.222. The van der Waals surface area contributed by atoms with Crippen LogP contribution in [-0.4, -0.2) is 17.7 Å². The zero-order valence-corrected chi connectivity index (χ0v) is 13.6. The maximum absolute atomic E-state index is 11.7. The summed E-state index contributed by atoms with van der Waals surface area (Å²) >= 11 is 8.16. The van der Waals surface area contributed by atoms with E-state index in [1.54, 1.807) is 12.1 Å². The van der Waals surface area contributed by atoms with Crippen LogP contribution in [-0.2, 0) is 19.1 Å². The third kappa shape index (κ3) is 3.43. The first kappa shape index (κ1) is 15.1. The summed E-state index contributed by atoms with van der Waals surface area (Å²) in [4.78, 5) is 23.4. The predicted octanol–water partition coefficient (Wildman–Crippen LogP) is 3.08. The van der Waals surface area contributed by atoms with Crippen molar-refractivity contribution in [1.29, 1.82) is 0 Å². The maximum Gasteiger partial charge on any atom is 0.350 e. The molecule has 5 nitrogen and oxygen atoms in total. The van der Waals surface area contributed by atoms with Crippen LogP contribution in [0.1, 0.15) is 13.8 Å². The van der Waals surface area contributed by atoms with E-state index < -0.39 is 17.7 Å². The van der Waals surface area contributed by atoms with Crippen LogP contribution in [0.5, 0.6) is 0 Å². The summed E-state index contributed by atoms with van der Waals surface area (Å²) in [5.41, 5.74) is 0.365. The van der Waals surface area contributed by atoms with Crippen molar-refractivity contribution in [1.82, 2.24) is 0 Å². The van der Waals surface area contributed by atoms with E-state index in [0.717, 1.165) is 3.57 Å². The van der Waals surface area contributed by atoms with E-state index in [-0.39, 0.29) is 5.57 Å². The lowest BCUT2D eigenvalue weighted by atomic mass is 10.2. The zero-order chi connectivity index (χ0) is 14.9. The third-order valence-corrected chi connectivity index (χ3v) is 3.40. The van der Waals surface area contributed by atoms with E-state index >= 15 is 0 Å². The number of nitrogens with one attached hydrogen (secondary N) is 1. The molecule has 1 aliphatic rings. The van der Waals surface area contributed by atoms with Gasteiger partial charge < -0.3 is 14.8 Å². The average molecular weight is 408 g/mol. The van der Waals surface area contributed by atoms with Crippen LogP contribution in [0.25, 0.3) is 0 Å². The van der Waals surface area contributed by atoms with Crippen molar-refractivity contribution in [2.45, 2.75) is 19.6 Å². The van der Waals surface area contributed by atoms with Crippen molar-refractivity contribution in [3.63, 3.8) is 0 Å². The van der Waals surface area contributed by atoms with E-state index in [2.05, 4.69) is 27.9 Å². The van der Waals surface area contributed by atoms with Gasteiger partial charge in [-0.1, -0.05) is 11.6 Å². The van der Waals surface area contributed by atoms with Crippen LogP contribution in [0.3, 0.4) is 0 Å². The molecule has 0 aliphatic carbocycles. The molecule has 0 amide bonds. The molecule has 0 spiro atoms. The predicted molar refractivity (Wildman–Crippen MR) is 82.1 cm³/mol. The standard InChI is InChI=1S/C13H11ClINO4/c1-13(2)19-11(17)8(12(18)20-13)6-16-10-4-3-7(15)5-9(10)14/h3-6,16H,1-2H3. The second-order valence-electron chi connectivity index (χ2n) is 4.51. The molecular weight excluding hydrogens is 397 g/mol. The van der Waals surface area contributed by atoms with Gasteiger partial charge in [0.2, 0.25) is 0 Å². The molecule has 0 atom stereocenters. The van der Waals surface area contributed by atoms with Gasteiger partial charge in [-0.25, -0.2) is 9.59 Å². The lowest BCUT2D eigenvalue weighted by Gasteiger charge is -2.29. The molecule has 0 unspecified atom stereocenters. The molecular formula is C13H11ClINO4. The van der Waals surface area contributed by atoms with Gasteiger partial charge in [-0.05, 0) is 40.8 Å². The Balaban J connectivity index is 2.19. The molecule has 20 heavy (non-hydrogen) atoms. The molecule has 1 heterocycles. The minimum Gasteiger partial charge on any atom is -0.419 e. The monoisotopic (exact) mass is 407 g/mol. The van der Waals surface area contributed by atoms with Gasteiger partial charge >= 0.3 is 11.9 Å². The topological polar surface area (TPSA) is 64.6 Å². The largest absolute Gasteiger partial charge is 0.419 e. The Bertz CT molecular complexity index is 590. The van der Waals surface area contributed by atoms with Crippen LogP contribution in [0.15, 0.2) is 30.0 Å². The summed E-state index contributed by atoms with van der Waals surface area (Å²) < 4.78 is 10.9. The molecule has 7 heteroatoms. The second kappa shape index (κ2) is 5.61. The summed E-state index contributed by atoms with van der Waals surface area (Å²) in [5, 5.41) is 3.28. The van der Waals surface area contributed by atoms with Crippen molar-refractivity contribution < 1.29 is 19.1 Å². The number of rotatable bonds is 2. The number of ether oxygens (including phenoxy) is 2. The fourth-order valence-electron chi connectivity index (χ4n) is 1.53. The molecule has 0 bridgehead atoms. The Morgan fingerprint density at radius 3 is 2.40 bits per heavy atom. The number of carbonyl (C=O) groups is 2. The summed E-state index contributed by atoms with van der Waals surface area (Å²) in [7, 11) is 0. The Hall–Kier alpha value is -1.28. The molecule has 2 rings (SSSR count). The van der Waals surface area contributed by atoms with Gasteiger partial charge in [0.1, 0.15) is 0 Å². The van der Waals surface area contributed by atoms with Crippen LogP contribution < -0.4 is 5.32 Å². The van der Waals surface area contributed by atoms with Crippen LogP contribution in [0.4, 0.5) is 5.69 Å². The van der Waals surface area contributed by atoms with Crippen molar-refractivity contribution >= 4 is 51.8 Å². The third-order valence-electron chi connectivity index (χ3n) is 2.42. The van der Waals surface area contributed by atoms with Gasteiger partial charge in [0.25, 0.3) is 5.79 Å². The Kier molecular flexibility index (Phi) is 4.24. The molecule has 1 fully saturated rings. The molecule has 0 radical (unpaired) electrons. The smallest absolute Gasteiger partial charge is 0.350 e. The van der Waals surface area contributed by atoms with Crippen LogP contribution in [0.2, 0.25) is 5.02 Å². The zero-order valence-electron chi connectivity index (χ0n) is 10.7. The number of carbonyl (C=O) groups excluding carboxylic acids is 2. The highest BCUT2D eigenvalue weighted by atomic mass is 127. The van der Waals surface area contributed by atoms with Gasteiger partial charge in [0.15, 0.2) is 5.57 Å². The first-order valence-electron chi connectivity index (χ1n) is 5.67. The number of esters is 2. The fraction of sp³-hybridized carbons (Fsp3) is 0.231. The number of cyclic esters (lactones) is 2. The summed E-state index contributed by atoms with van der Waals surface area (Å²) in [5.74, 6) is -2.72. The number of benzene rings is 1. The minimum atomic E-state index is -1.24. The van der Waals surface area contributed by atoms with Crippen LogP contribution in [0, 0.1) is 3.57 Å². The van der Waals surface area contributed by atoms with E-state index in [9.17, 15) is 9.59 Å². The van der Waals surface area contributed by atoms with Gasteiger partial charge in [-0.15, -0.1) is 0 Å². The molecule has 1 aromatic rings. The SMILES string of the molecule is CC1(C)OC(=O)C(=CNc2ccc(I)cc2Cl)C(=O)O1. The van der Waals surface area contributed by atoms with Crippen molar-refractivity contribution in [2.75, 3.05) is 5.32 Å². The normalized spacial score (nSPS) is 17.3. The molecule has 1 aliphatic heterocycles. The Labute approximate surface area is 134 Å². The van der Waals surface area contributed by atoms with E-state index in [1.807, 2.05) is 6.07 Å². The van der Waals surface area contributed by atoms with Gasteiger partial charge in [-0.2, -0.15) is 0 Å². The molecule has 0 aromatic heterocycles. The average Bonchev–Trinajstić information content (AvgIpc) is 2.28. The van der Waals surface area contributed by atoms with E-state index in [1.165, 1.54) is 20.0 Å². The first-order valence-corrected chi connectivity index (χ1v) is 7.12. The maximum atomic E-state index is 11.7. The fourth-order valence-corrected chi connectivity index (χ4v) is 2.45. The quantitative estimate of drug-likeness (QED) is 0.353. The van der Waals surface area contributed by atoms with Gasteiger partial charge in [0.05, 0.1) is 10.7 Å². The Morgan fingerprint density at radius 1 is 1.25 bits per heavy atom. The summed E-state index contributed by atoms with van der Waals surface area (Å²) in [6.07, 6.45) is 1.23. The number of hydrogen-bond acceptors (Lipinski definition) is 5. The van der Waals surface area contributed by atoms with Crippen LogP contribution >= 0.6 is 34.2 Å². The number of halogens is 2. The van der Waals surface area contributed by atoms with Crippen molar-refractivity contribution in [2.24, 2.45) is 0 Å². The Morgan fingerprint density at radius 2 is 1.85 bits per heavy atom. The van der Waals surface area contributed by atoms with Crippen molar-refractivity contribution in [3.05, 3.63) is 38.6 Å². The van der Waals surface area contributed by atoms with E-state index in [4.69, 9.17) is 21.1 Å². The molecule has 1 aromatic carbocycles. The minimum absolute atomic E-state index is 0.209. The second-order valence-corrected chi connectivity index (χ2v) is 6.16. The van der Waals surface area contributed by atoms with Gasteiger partial charge in [-0.3, -0.25) is 0 Å². The molecule has 1 N–H and O–H groups in total. The highest BCUT2D eigenvalue weighted by Gasteiger charge is 2.38. The van der Waals surface area contributed by atoms with Crippen molar-refractivity contribution in [3.8, 4) is 0 Å². The molecule has 106 valence electrons. The summed E-state index contributed by atoms with van der Waals surface area (Å²) in [6, 6.07) is 5.34. The molecule has 0 saturated carbocycles. The highest BCUT2D eigenvalue weighted by molar-refractivity contribution is 14.1. The number of hydrogen-bond donors (Lipinski definition) is 1. The van der Waals surface area contributed by atoms with Gasteiger partial charge in [0, 0.05) is 23.6 Å². The summed E-state index contributed by atoms with van der Waals surface area (Å²) in [6.45, 7) is 2.98. The van der Waals surface area contributed by atoms with E-state index in [0.29, 0.717) is 10.7 Å². The highest BCUT2D eigenvalue weighted by Crippen LogP contribution is 2.26. The molecule has 1 saturated heterocycles. The number of anilines is 1. The lowest BCUT2D eigenvalue weighted by Crippen LogP contribution is -2.42. The first-order chi connectivity index (χ1) is 9.28.